The molecule has 1 saturated heterocycles. The maximum atomic E-state index is 13.0. The lowest BCUT2D eigenvalue weighted by Gasteiger charge is -2.28. The normalized spacial score (nSPS) is 17.8. The first-order chi connectivity index (χ1) is 15.3. The van der Waals surface area contributed by atoms with Gasteiger partial charge in [-0.05, 0) is 36.9 Å². The Morgan fingerprint density at radius 1 is 1.19 bits per heavy atom. The van der Waals surface area contributed by atoms with Gasteiger partial charge in [-0.25, -0.2) is 0 Å². The van der Waals surface area contributed by atoms with E-state index >= 15 is 0 Å². The molecule has 1 fully saturated rings. The number of nitro groups is 1. The fraction of sp³-hybridized carbons (Fsp3) is 0.318. The van der Waals surface area contributed by atoms with Crippen LogP contribution < -0.4 is 0 Å². The van der Waals surface area contributed by atoms with E-state index in [-0.39, 0.29) is 17.7 Å². The Kier molecular flexibility index (Phi) is 6.84. The number of hydrogen-bond donors (Lipinski definition) is 2. The molecule has 10 nitrogen and oxygen atoms in total. The molecule has 168 valence electrons. The van der Waals surface area contributed by atoms with Crippen molar-refractivity contribution in [3.8, 4) is 5.75 Å². The zero-order valence-electron chi connectivity index (χ0n) is 17.8. The van der Waals surface area contributed by atoms with E-state index < -0.39 is 39.9 Å². The van der Waals surface area contributed by atoms with Gasteiger partial charge in [0.05, 0.1) is 16.5 Å². The summed E-state index contributed by atoms with van der Waals surface area (Å²) >= 11 is 0. The highest BCUT2D eigenvalue weighted by Crippen LogP contribution is 2.41. The Balaban J connectivity index is 2.16. The van der Waals surface area contributed by atoms with Crippen molar-refractivity contribution in [2.24, 2.45) is 0 Å². The zero-order valence-corrected chi connectivity index (χ0v) is 17.8. The molecule has 1 amide bonds. The number of benzene rings is 1. The van der Waals surface area contributed by atoms with E-state index in [4.69, 9.17) is 0 Å². The number of hydrogen-bond acceptors (Lipinski definition) is 8. The molecule has 2 heterocycles. The summed E-state index contributed by atoms with van der Waals surface area (Å²) in [5.41, 5.74) is -0.189. The number of pyridine rings is 1. The van der Waals surface area contributed by atoms with Crippen molar-refractivity contribution >= 4 is 23.1 Å². The highest BCUT2D eigenvalue weighted by Gasteiger charge is 2.46. The molecule has 2 N–H and O–H groups in total. The van der Waals surface area contributed by atoms with Gasteiger partial charge in [0.25, 0.3) is 11.7 Å². The summed E-state index contributed by atoms with van der Waals surface area (Å²) in [6, 6.07) is 5.62. The number of phenolic OH excluding ortho intramolecular Hbond substituents is 1. The molecular weight excluding hydrogens is 416 g/mol. The van der Waals surface area contributed by atoms with Crippen LogP contribution in [0.15, 0.2) is 48.3 Å². The number of aromatic nitrogens is 1. The number of nitro benzene ring substituents is 1. The number of aromatic hydroxyl groups is 1. The van der Waals surface area contributed by atoms with Crippen LogP contribution in [0.3, 0.4) is 0 Å². The number of ketones is 1. The van der Waals surface area contributed by atoms with E-state index in [1.54, 1.807) is 0 Å². The molecule has 1 aliphatic rings. The molecule has 1 atom stereocenters. The quantitative estimate of drug-likeness (QED) is 0.210. The summed E-state index contributed by atoms with van der Waals surface area (Å²) in [5, 5.41) is 32.1. The van der Waals surface area contributed by atoms with Crippen molar-refractivity contribution in [3.05, 3.63) is 69.5 Å². The lowest BCUT2D eigenvalue weighted by atomic mass is 9.95. The fourth-order valence-electron chi connectivity index (χ4n) is 3.77. The maximum Gasteiger partial charge on any atom is 0.311 e. The van der Waals surface area contributed by atoms with E-state index in [0.29, 0.717) is 12.1 Å². The number of Topliss-reactive ketones (excluding diaryl/α,β-unsaturated/α-hetero) is 1. The van der Waals surface area contributed by atoms with Gasteiger partial charge in [0.2, 0.25) is 0 Å². The minimum Gasteiger partial charge on any atom is -0.507 e. The topological polar surface area (TPSA) is 137 Å². The molecule has 3 rings (SSSR count). The molecule has 1 unspecified atom stereocenters. The second-order valence-electron chi connectivity index (χ2n) is 7.26. The van der Waals surface area contributed by atoms with Gasteiger partial charge in [-0.15, -0.1) is 0 Å². The molecule has 1 aliphatic heterocycles. The van der Waals surface area contributed by atoms with Crippen molar-refractivity contribution in [3.63, 3.8) is 0 Å². The number of aliphatic hydroxyl groups is 1. The zero-order chi connectivity index (χ0) is 23.4. The van der Waals surface area contributed by atoms with Crippen LogP contribution in [0.1, 0.15) is 31.0 Å². The lowest BCUT2D eigenvalue weighted by Crippen LogP contribution is -2.38. The predicted octanol–water partition coefficient (Wildman–Crippen LogP) is 2.46. The summed E-state index contributed by atoms with van der Waals surface area (Å²) in [7, 11) is 0. The van der Waals surface area contributed by atoms with Gasteiger partial charge in [-0.3, -0.25) is 24.7 Å². The molecule has 0 saturated carbocycles. The van der Waals surface area contributed by atoms with Gasteiger partial charge in [0, 0.05) is 37.1 Å². The number of aliphatic hydroxyl groups excluding tert-OH is 1. The summed E-state index contributed by atoms with van der Waals surface area (Å²) in [4.78, 5) is 43.8. The third-order valence-corrected chi connectivity index (χ3v) is 5.56. The molecule has 32 heavy (non-hydrogen) atoms. The minimum atomic E-state index is -1.04. The Labute approximate surface area is 184 Å². The van der Waals surface area contributed by atoms with E-state index in [2.05, 4.69) is 9.88 Å². The average Bonchev–Trinajstić information content (AvgIpc) is 3.05. The van der Waals surface area contributed by atoms with E-state index in [1.807, 2.05) is 13.8 Å². The second kappa shape index (κ2) is 9.56. The number of amides is 1. The SMILES string of the molecule is CCN(CC)CCN1C(=O)C(=O)/C(=C(\O)c2ccncc2)C1c1ccc(O)c([N+](=O)[O-])c1. The number of phenols is 1. The highest BCUT2D eigenvalue weighted by atomic mass is 16.6. The van der Waals surface area contributed by atoms with Crippen LogP contribution in [-0.4, -0.2) is 67.8 Å². The summed E-state index contributed by atoms with van der Waals surface area (Å²) in [6.07, 6.45) is 2.87. The Bertz CT molecular complexity index is 1070. The van der Waals surface area contributed by atoms with Crippen LogP contribution in [0.5, 0.6) is 5.75 Å². The Morgan fingerprint density at radius 3 is 2.44 bits per heavy atom. The third-order valence-electron chi connectivity index (χ3n) is 5.56. The van der Waals surface area contributed by atoms with Crippen molar-refractivity contribution in [1.82, 2.24) is 14.8 Å². The number of carbonyl (C=O) groups is 2. The maximum absolute atomic E-state index is 13.0. The summed E-state index contributed by atoms with van der Waals surface area (Å²) in [5.74, 6) is -2.60. The third kappa shape index (κ3) is 4.30. The van der Waals surface area contributed by atoms with E-state index in [1.165, 1.54) is 35.5 Å². The fourth-order valence-corrected chi connectivity index (χ4v) is 3.77. The van der Waals surface area contributed by atoms with Gasteiger partial charge in [-0.1, -0.05) is 19.9 Å². The standard InChI is InChI=1S/C22H24N4O6/c1-3-24(4-2)11-12-25-19(15-5-6-17(27)16(13-15)26(31)32)18(21(29)22(25)30)20(28)14-7-9-23-10-8-14/h5-10,13,19,27-28H,3-4,11-12H2,1-2H3/b20-18-. The Morgan fingerprint density at radius 2 is 1.84 bits per heavy atom. The molecule has 2 aromatic rings. The van der Waals surface area contributed by atoms with Gasteiger partial charge in [0.1, 0.15) is 5.76 Å². The first kappa shape index (κ1) is 22.9. The number of nitrogens with zero attached hydrogens (tertiary/aromatic N) is 4. The van der Waals surface area contributed by atoms with Crippen LogP contribution >= 0.6 is 0 Å². The number of carbonyl (C=O) groups excluding carboxylic acids is 2. The van der Waals surface area contributed by atoms with Crippen molar-refractivity contribution in [1.29, 1.82) is 0 Å². The highest BCUT2D eigenvalue weighted by molar-refractivity contribution is 6.46. The molecule has 0 bridgehead atoms. The number of rotatable bonds is 8. The summed E-state index contributed by atoms with van der Waals surface area (Å²) in [6.45, 7) is 6.09. The smallest absolute Gasteiger partial charge is 0.311 e. The van der Waals surface area contributed by atoms with Gasteiger partial charge in [-0.2, -0.15) is 0 Å². The molecule has 10 heteroatoms. The van der Waals surface area contributed by atoms with Crippen LogP contribution in [0.4, 0.5) is 5.69 Å². The lowest BCUT2D eigenvalue weighted by molar-refractivity contribution is -0.385. The average molecular weight is 440 g/mol. The first-order valence-corrected chi connectivity index (χ1v) is 10.2. The monoisotopic (exact) mass is 440 g/mol. The molecule has 0 aliphatic carbocycles. The van der Waals surface area contributed by atoms with Crippen LogP contribution in [-0.2, 0) is 9.59 Å². The molecular formula is C22H24N4O6. The van der Waals surface area contributed by atoms with E-state index in [9.17, 15) is 29.9 Å². The number of likely N-dealkylation sites (tertiary alicyclic amines) is 1. The van der Waals surface area contributed by atoms with Crippen molar-refractivity contribution < 1.29 is 24.7 Å². The van der Waals surface area contributed by atoms with Gasteiger partial charge >= 0.3 is 5.69 Å². The van der Waals surface area contributed by atoms with Crippen LogP contribution in [0, 0.1) is 10.1 Å². The second-order valence-corrected chi connectivity index (χ2v) is 7.26. The molecule has 1 aromatic carbocycles. The van der Waals surface area contributed by atoms with Gasteiger partial charge in [0.15, 0.2) is 5.75 Å². The van der Waals surface area contributed by atoms with Crippen molar-refractivity contribution in [2.45, 2.75) is 19.9 Å². The van der Waals surface area contributed by atoms with Crippen molar-refractivity contribution in [2.75, 3.05) is 26.2 Å². The number of likely N-dealkylation sites (N-methyl/N-ethyl adjacent to an activating group) is 1. The van der Waals surface area contributed by atoms with Crippen LogP contribution in [0.2, 0.25) is 0 Å². The summed E-state index contributed by atoms with van der Waals surface area (Å²) < 4.78 is 0. The van der Waals surface area contributed by atoms with Crippen LogP contribution in [0.25, 0.3) is 5.76 Å². The molecule has 0 radical (unpaired) electrons. The Hall–Kier alpha value is -3.79. The van der Waals surface area contributed by atoms with Gasteiger partial charge < -0.3 is 20.0 Å². The van der Waals surface area contributed by atoms with E-state index in [0.717, 1.165) is 25.2 Å². The minimum absolute atomic E-state index is 0.166. The largest absolute Gasteiger partial charge is 0.507 e. The predicted molar refractivity (Wildman–Crippen MR) is 116 cm³/mol. The molecule has 0 spiro atoms. The molecule has 1 aromatic heterocycles. The first-order valence-electron chi connectivity index (χ1n) is 10.2.